The first kappa shape index (κ1) is 12.1. The molecule has 1 rings (SSSR count). The largest absolute Gasteiger partial charge is 0.390 e. The molecule has 1 heterocycles. The van der Waals surface area contributed by atoms with E-state index in [9.17, 15) is 5.11 Å². The van der Waals surface area contributed by atoms with Gasteiger partial charge >= 0.3 is 0 Å². The van der Waals surface area contributed by atoms with E-state index in [-0.39, 0.29) is 0 Å². The van der Waals surface area contributed by atoms with Crippen LogP contribution < -0.4 is 5.32 Å². The van der Waals surface area contributed by atoms with Gasteiger partial charge in [0.2, 0.25) is 0 Å². The van der Waals surface area contributed by atoms with E-state index >= 15 is 0 Å². The fourth-order valence-electron chi connectivity index (χ4n) is 1.30. The highest BCUT2D eigenvalue weighted by atomic mass is 16.3. The van der Waals surface area contributed by atoms with E-state index in [0.29, 0.717) is 0 Å². The van der Waals surface area contributed by atoms with Crippen molar-refractivity contribution in [2.45, 2.75) is 39.3 Å². The number of nitrogens with zero attached hydrogens (tertiary/aromatic N) is 1. The molecular weight excluding hydrogens is 188 g/mol. The number of aryl methyl sites for hydroxylation is 1. The van der Waals surface area contributed by atoms with Crippen LogP contribution in [0.2, 0.25) is 0 Å². The van der Waals surface area contributed by atoms with Crippen LogP contribution in [0.1, 0.15) is 31.5 Å². The summed E-state index contributed by atoms with van der Waals surface area (Å²) in [5.74, 6) is 0. The van der Waals surface area contributed by atoms with Crippen LogP contribution in [0.5, 0.6) is 0 Å². The second-order valence-corrected chi connectivity index (χ2v) is 4.51. The lowest BCUT2D eigenvalue weighted by Gasteiger charge is -2.17. The van der Waals surface area contributed by atoms with Gasteiger partial charge in [-0.15, -0.1) is 0 Å². The zero-order valence-electron chi connectivity index (χ0n) is 9.75. The van der Waals surface area contributed by atoms with Gasteiger partial charge in [-0.2, -0.15) is 0 Å². The highest BCUT2D eigenvalue weighted by molar-refractivity contribution is 5.17. The van der Waals surface area contributed by atoms with Gasteiger partial charge in [-0.05, 0) is 45.4 Å². The van der Waals surface area contributed by atoms with Crippen molar-refractivity contribution >= 4 is 0 Å². The van der Waals surface area contributed by atoms with Crippen LogP contribution in [0.3, 0.4) is 0 Å². The monoisotopic (exact) mass is 208 g/mol. The van der Waals surface area contributed by atoms with Crippen molar-refractivity contribution in [2.24, 2.45) is 0 Å². The Morgan fingerprint density at radius 1 is 1.47 bits per heavy atom. The molecule has 3 nitrogen and oxygen atoms in total. The zero-order valence-corrected chi connectivity index (χ0v) is 9.75. The summed E-state index contributed by atoms with van der Waals surface area (Å²) in [7, 11) is 0. The highest BCUT2D eigenvalue weighted by Crippen LogP contribution is 2.06. The van der Waals surface area contributed by atoms with Gasteiger partial charge in [-0.1, -0.05) is 6.07 Å². The molecule has 0 aromatic carbocycles. The summed E-state index contributed by atoms with van der Waals surface area (Å²) in [5.41, 5.74) is 1.69. The molecule has 0 spiro atoms. The summed E-state index contributed by atoms with van der Waals surface area (Å²) in [4.78, 5) is 4.29. The lowest BCUT2D eigenvalue weighted by atomic mass is 10.1. The average molecular weight is 208 g/mol. The van der Waals surface area contributed by atoms with Crippen molar-refractivity contribution in [3.05, 3.63) is 29.6 Å². The smallest absolute Gasteiger partial charge is 0.0603 e. The first-order valence-electron chi connectivity index (χ1n) is 5.32. The fourth-order valence-corrected chi connectivity index (χ4v) is 1.30. The topological polar surface area (TPSA) is 45.2 Å². The molecule has 0 bridgehead atoms. The van der Waals surface area contributed by atoms with Gasteiger partial charge in [0.25, 0.3) is 0 Å². The van der Waals surface area contributed by atoms with Crippen LogP contribution in [-0.4, -0.2) is 22.2 Å². The summed E-state index contributed by atoms with van der Waals surface area (Å²) >= 11 is 0. The Labute approximate surface area is 91.5 Å². The predicted octanol–water partition coefficient (Wildman–Crippen LogP) is 1.64. The van der Waals surface area contributed by atoms with Crippen LogP contribution >= 0.6 is 0 Å². The summed E-state index contributed by atoms with van der Waals surface area (Å²) in [6, 6.07) is 4.00. The number of hydrogen-bond acceptors (Lipinski definition) is 3. The van der Waals surface area contributed by atoms with Crippen molar-refractivity contribution in [2.75, 3.05) is 6.54 Å². The van der Waals surface area contributed by atoms with E-state index in [1.165, 1.54) is 5.56 Å². The maximum Gasteiger partial charge on any atom is 0.0603 e. The summed E-state index contributed by atoms with van der Waals surface area (Å²) < 4.78 is 0. The molecule has 1 aromatic heterocycles. The summed E-state index contributed by atoms with van der Waals surface area (Å²) in [5, 5.41) is 12.8. The average Bonchev–Trinajstić information content (AvgIpc) is 2.13. The molecule has 3 heteroatoms. The van der Waals surface area contributed by atoms with E-state index in [1.54, 1.807) is 6.20 Å². The molecule has 0 amide bonds. The van der Waals surface area contributed by atoms with E-state index < -0.39 is 5.60 Å². The highest BCUT2D eigenvalue weighted by Gasteiger charge is 2.11. The second-order valence-electron chi connectivity index (χ2n) is 4.51. The first-order valence-corrected chi connectivity index (χ1v) is 5.32. The molecule has 0 radical (unpaired) electrons. The molecule has 0 saturated carbocycles. The Kier molecular flexibility index (Phi) is 4.24. The number of hydrogen-bond donors (Lipinski definition) is 2. The third-order valence-electron chi connectivity index (χ3n) is 2.32. The SMILES string of the molecule is Cc1cccnc1CNCCC(C)(C)O. The minimum Gasteiger partial charge on any atom is -0.390 e. The van der Waals surface area contributed by atoms with Gasteiger partial charge in [-0.3, -0.25) is 4.98 Å². The molecule has 0 aliphatic carbocycles. The Balaban J connectivity index is 2.30. The van der Waals surface area contributed by atoms with E-state index in [0.717, 1.165) is 25.2 Å². The van der Waals surface area contributed by atoms with Crippen molar-refractivity contribution < 1.29 is 5.11 Å². The predicted molar refractivity (Wildman–Crippen MR) is 61.6 cm³/mol. The Morgan fingerprint density at radius 3 is 2.80 bits per heavy atom. The number of nitrogens with one attached hydrogen (secondary N) is 1. The van der Waals surface area contributed by atoms with Crippen LogP contribution in [0.4, 0.5) is 0 Å². The summed E-state index contributed by atoms with van der Waals surface area (Å²) in [6.07, 6.45) is 2.55. The van der Waals surface area contributed by atoms with Crippen molar-refractivity contribution in [1.29, 1.82) is 0 Å². The van der Waals surface area contributed by atoms with Gasteiger partial charge in [0, 0.05) is 12.7 Å². The number of rotatable bonds is 5. The summed E-state index contributed by atoms with van der Waals surface area (Å²) in [6.45, 7) is 7.27. The molecule has 0 fully saturated rings. The second kappa shape index (κ2) is 5.24. The maximum atomic E-state index is 9.51. The Hall–Kier alpha value is -0.930. The first-order chi connectivity index (χ1) is 6.99. The number of pyridine rings is 1. The molecule has 1 aromatic rings. The minimum absolute atomic E-state index is 0.591. The molecule has 15 heavy (non-hydrogen) atoms. The van der Waals surface area contributed by atoms with Gasteiger partial charge in [0.1, 0.15) is 0 Å². The molecule has 0 atom stereocenters. The molecule has 0 saturated heterocycles. The third kappa shape index (κ3) is 4.91. The van der Waals surface area contributed by atoms with Gasteiger partial charge in [-0.25, -0.2) is 0 Å². The molecular formula is C12H20N2O. The molecule has 0 aliphatic heterocycles. The number of aliphatic hydroxyl groups is 1. The molecule has 84 valence electrons. The van der Waals surface area contributed by atoms with Crippen LogP contribution in [0.25, 0.3) is 0 Å². The normalized spacial score (nSPS) is 11.7. The standard InChI is InChI=1S/C12H20N2O/c1-10-5-4-7-14-11(10)9-13-8-6-12(2,3)15/h4-5,7,13,15H,6,8-9H2,1-3H3. The van der Waals surface area contributed by atoms with Gasteiger partial charge in [0.05, 0.1) is 11.3 Å². The fraction of sp³-hybridized carbons (Fsp3) is 0.583. The number of aromatic nitrogens is 1. The Bertz CT molecular complexity index is 305. The quantitative estimate of drug-likeness (QED) is 0.723. The van der Waals surface area contributed by atoms with E-state index in [2.05, 4.69) is 23.3 Å². The van der Waals surface area contributed by atoms with Crippen LogP contribution in [0.15, 0.2) is 18.3 Å². The third-order valence-corrected chi connectivity index (χ3v) is 2.32. The minimum atomic E-state index is -0.591. The van der Waals surface area contributed by atoms with Crippen molar-refractivity contribution in [3.63, 3.8) is 0 Å². The van der Waals surface area contributed by atoms with Gasteiger partial charge < -0.3 is 10.4 Å². The molecule has 0 aliphatic rings. The lowest BCUT2D eigenvalue weighted by Crippen LogP contribution is -2.26. The van der Waals surface area contributed by atoms with Gasteiger partial charge in [0.15, 0.2) is 0 Å². The molecule has 0 unspecified atom stereocenters. The van der Waals surface area contributed by atoms with E-state index in [1.807, 2.05) is 19.9 Å². The zero-order chi connectivity index (χ0) is 11.3. The van der Waals surface area contributed by atoms with Crippen molar-refractivity contribution in [3.8, 4) is 0 Å². The lowest BCUT2D eigenvalue weighted by molar-refractivity contribution is 0.0711. The maximum absolute atomic E-state index is 9.51. The van der Waals surface area contributed by atoms with Crippen molar-refractivity contribution in [1.82, 2.24) is 10.3 Å². The molecule has 2 N–H and O–H groups in total. The van der Waals surface area contributed by atoms with Crippen LogP contribution in [0, 0.1) is 6.92 Å². The van der Waals surface area contributed by atoms with E-state index in [4.69, 9.17) is 0 Å². The van der Waals surface area contributed by atoms with Crippen LogP contribution in [-0.2, 0) is 6.54 Å². The Morgan fingerprint density at radius 2 is 2.20 bits per heavy atom.